The van der Waals surface area contributed by atoms with Crippen molar-refractivity contribution < 1.29 is 47.9 Å². The number of fused-ring (bicyclic) bond motifs is 2. The summed E-state index contributed by atoms with van der Waals surface area (Å²) >= 11 is 6.64. The first-order valence-corrected chi connectivity index (χ1v) is 18.1. The van der Waals surface area contributed by atoms with Gasteiger partial charge >= 0.3 is 0 Å². The monoisotopic (exact) mass is 761 g/mol. The zero-order valence-corrected chi connectivity index (χ0v) is 31.8. The summed E-state index contributed by atoms with van der Waals surface area (Å²) in [5.41, 5.74) is 0.159. The van der Waals surface area contributed by atoms with Crippen molar-refractivity contribution in [1.29, 1.82) is 0 Å². The number of halogens is 1. The van der Waals surface area contributed by atoms with E-state index < -0.39 is 34.8 Å². The molecule has 1 amide bonds. The molecule has 3 aromatic carbocycles. The molecule has 3 unspecified atom stereocenters. The van der Waals surface area contributed by atoms with Gasteiger partial charge in [0.15, 0.2) is 28.8 Å². The Balaban J connectivity index is 1.30. The molecule has 2 aliphatic rings. The molecule has 14 heteroatoms. The summed E-state index contributed by atoms with van der Waals surface area (Å²) < 4.78 is 34.0. The van der Waals surface area contributed by atoms with Crippen molar-refractivity contribution in [3.05, 3.63) is 75.8 Å². The first-order chi connectivity index (χ1) is 26.0. The molecule has 0 bridgehead atoms. The number of aliphatic hydroxyl groups is 1. The van der Waals surface area contributed by atoms with Crippen LogP contribution in [0.3, 0.4) is 0 Å². The lowest BCUT2D eigenvalue weighted by Gasteiger charge is -2.38. The van der Waals surface area contributed by atoms with Crippen LogP contribution in [0.15, 0.2) is 53.8 Å². The normalized spacial score (nSPS) is 18.4. The molecule has 0 radical (unpaired) electrons. The molecule has 0 fully saturated rings. The number of aryl methyl sites for hydroxylation is 1. The molecule has 3 N–H and O–H groups in total. The number of hydrogen-bond acceptors (Lipinski definition) is 11. The van der Waals surface area contributed by atoms with Crippen molar-refractivity contribution in [2.24, 2.45) is 5.92 Å². The SMILES string of the molecule is COc1cc(OC)c2c(c1Cl)OC1(C2=O)C(O)=C(C(CC(=O)NCCCCCc2nc3ccccc3[nH]2)c2cc(OC)c(OC)c(OC)c2)C(=O)CC1C. The number of carbonyl (C=O) groups is 3. The highest BCUT2D eigenvalue weighted by Gasteiger charge is 2.61. The van der Waals surface area contributed by atoms with Gasteiger partial charge in [-0.2, -0.15) is 0 Å². The van der Waals surface area contributed by atoms with Crippen LogP contribution < -0.4 is 33.7 Å². The van der Waals surface area contributed by atoms with Crippen LogP contribution in [-0.4, -0.2) is 80.2 Å². The number of para-hydroxylation sites is 2. The smallest absolute Gasteiger partial charge is 0.231 e. The predicted molar refractivity (Wildman–Crippen MR) is 201 cm³/mol. The number of benzene rings is 3. The first-order valence-electron chi connectivity index (χ1n) is 17.7. The van der Waals surface area contributed by atoms with Crippen LogP contribution in [0.25, 0.3) is 11.0 Å². The highest BCUT2D eigenvalue weighted by Crippen LogP contribution is 2.56. The highest BCUT2D eigenvalue weighted by molar-refractivity contribution is 6.35. The molecule has 1 aromatic heterocycles. The summed E-state index contributed by atoms with van der Waals surface area (Å²) in [5, 5.41) is 15.2. The Morgan fingerprint density at radius 1 is 0.981 bits per heavy atom. The van der Waals surface area contributed by atoms with Gasteiger partial charge in [0.25, 0.3) is 0 Å². The molecular weight excluding hydrogens is 718 g/mol. The van der Waals surface area contributed by atoms with Gasteiger partial charge in [-0.15, -0.1) is 0 Å². The van der Waals surface area contributed by atoms with Gasteiger partial charge in [-0.25, -0.2) is 4.98 Å². The van der Waals surface area contributed by atoms with E-state index in [1.807, 2.05) is 24.3 Å². The summed E-state index contributed by atoms with van der Waals surface area (Å²) in [6.45, 7) is 2.03. The minimum absolute atomic E-state index is 0.00937. The lowest BCUT2D eigenvalue weighted by molar-refractivity contribution is -0.121. The van der Waals surface area contributed by atoms with E-state index >= 15 is 0 Å². The van der Waals surface area contributed by atoms with Crippen LogP contribution >= 0.6 is 11.6 Å². The summed E-state index contributed by atoms with van der Waals surface area (Å²) in [7, 11) is 7.15. The van der Waals surface area contributed by atoms with Crippen LogP contribution in [0.5, 0.6) is 34.5 Å². The van der Waals surface area contributed by atoms with Crippen molar-refractivity contribution in [3.8, 4) is 34.5 Å². The number of unbranched alkanes of at least 4 members (excludes halogenated alkanes) is 2. The van der Waals surface area contributed by atoms with Gasteiger partial charge < -0.3 is 43.8 Å². The van der Waals surface area contributed by atoms with Crippen LogP contribution in [0.1, 0.15) is 66.7 Å². The lowest BCUT2D eigenvalue weighted by Crippen LogP contribution is -2.53. The summed E-state index contributed by atoms with van der Waals surface area (Å²) in [6.07, 6.45) is 2.76. The molecule has 3 atom stereocenters. The van der Waals surface area contributed by atoms with E-state index in [0.717, 1.165) is 36.1 Å². The number of aliphatic hydroxyl groups excluding tert-OH is 1. The number of aromatic nitrogens is 2. The third-order valence-electron chi connectivity index (χ3n) is 10.2. The third kappa shape index (κ3) is 6.76. The zero-order valence-electron chi connectivity index (χ0n) is 31.1. The second-order valence-corrected chi connectivity index (χ2v) is 13.7. The van der Waals surface area contributed by atoms with E-state index in [4.69, 9.17) is 40.0 Å². The predicted octanol–water partition coefficient (Wildman–Crippen LogP) is 6.70. The highest BCUT2D eigenvalue weighted by atomic mass is 35.5. The molecule has 286 valence electrons. The van der Waals surface area contributed by atoms with Crippen molar-refractivity contribution in [1.82, 2.24) is 15.3 Å². The number of Topliss-reactive ketones (excluding diaryl/α,β-unsaturated/α-hetero) is 2. The molecule has 1 aliphatic heterocycles. The summed E-state index contributed by atoms with van der Waals surface area (Å²) in [4.78, 5) is 50.2. The standard InChI is InChI=1S/C40H44ClN3O10/c1-21-16-26(45)33(38(47)40(21)39(48)34-27(49-2)20-28(50-3)35(41)37(34)54-40)23(22-17-29(51-4)36(53-6)30(18-22)52-5)19-32(46)42-15-11-7-8-14-31-43-24-12-9-10-13-25(24)44-31/h9-10,12-13,17-18,20-21,23,47H,7-8,11,14-16,19H2,1-6H3,(H,42,46)(H,43,44). The molecule has 6 rings (SSSR count). The maximum Gasteiger partial charge on any atom is 0.231 e. The number of nitrogens with zero attached hydrogens (tertiary/aromatic N) is 1. The molecular formula is C40H44ClN3O10. The molecule has 0 saturated heterocycles. The number of ether oxygens (including phenoxy) is 6. The number of H-pyrrole nitrogens is 1. The van der Waals surface area contributed by atoms with Gasteiger partial charge in [0, 0.05) is 49.3 Å². The van der Waals surface area contributed by atoms with Crippen LogP contribution in [-0.2, 0) is 16.0 Å². The maximum atomic E-state index is 14.5. The molecule has 4 aromatic rings. The van der Waals surface area contributed by atoms with E-state index in [9.17, 15) is 19.5 Å². The van der Waals surface area contributed by atoms with Gasteiger partial charge in [-0.3, -0.25) is 14.4 Å². The largest absolute Gasteiger partial charge is 0.507 e. The Bertz CT molecular complexity index is 2070. The number of aromatic amines is 1. The minimum Gasteiger partial charge on any atom is -0.507 e. The van der Waals surface area contributed by atoms with E-state index in [-0.39, 0.29) is 63.7 Å². The Morgan fingerprint density at radius 3 is 2.31 bits per heavy atom. The molecule has 1 aliphatic carbocycles. The van der Waals surface area contributed by atoms with Crippen molar-refractivity contribution >= 4 is 40.1 Å². The molecule has 1 spiro atoms. The quantitative estimate of drug-likeness (QED) is 0.110. The minimum atomic E-state index is -2.04. The average Bonchev–Trinajstić information content (AvgIpc) is 3.74. The fraction of sp³-hybridized carbons (Fsp3) is 0.400. The lowest BCUT2D eigenvalue weighted by atomic mass is 9.69. The van der Waals surface area contributed by atoms with Gasteiger partial charge in [0.1, 0.15) is 27.9 Å². The fourth-order valence-corrected chi connectivity index (χ4v) is 7.70. The van der Waals surface area contributed by atoms with Gasteiger partial charge in [-0.1, -0.05) is 37.1 Å². The van der Waals surface area contributed by atoms with Crippen LogP contribution in [0, 0.1) is 5.92 Å². The molecule has 54 heavy (non-hydrogen) atoms. The van der Waals surface area contributed by atoms with E-state index in [1.165, 1.54) is 41.6 Å². The number of amides is 1. The van der Waals surface area contributed by atoms with Crippen molar-refractivity contribution in [3.63, 3.8) is 0 Å². The molecule has 13 nitrogen and oxygen atoms in total. The van der Waals surface area contributed by atoms with E-state index in [2.05, 4.69) is 15.3 Å². The maximum absolute atomic E-state index is 14.5. The van der Waals surface area contributed by atoms with E-state index in [0.29, 0.717) is 24.3 Å². The van der Waals surface area contributed by atoms with Crippen molar-refractivity contribution in [2.45, 2.75) is 57.0 Å². The summed E-state index contributed by atoms with van der Waals surface area (Å²) in [5.74, 6) is -1.90. The van der Waals surface area contributed by atoms with Gasteiger partial charge in [0.05, 0.1) is 46.6 Å². The fourth-order valence-electron chi connectivity index (χ4n) is 7.43. The zero-order chi connectivity index (χ0) is 38.7. The molecule has 2 heterocycles. The number of methoxy groups -OCH3 is 5. The third-order valence-corrected chi connectivity index (χ3v) is 10.5. The van der Waals surface area contributed by atoms with Crippen LogP contribution in [0.2, 0.25) is 5.02 Å². The summed E-state index contributed by atoms with van der Waals surface area (Å²) in [6, 6.07) is 12.6. The Hall–Kier alpha value is -5.43. The second kappa shape index (κ2) is 15.9. The number of imidazole rings is 1. The van der Waals surface area contributed by atoms with Crippen LogP contribution in [0.4, 0.5) is 0 Å². The number of nitrogens with one attached hydrogen (secondary N) is 2. The Morgan fingerprint density at radius 2 is 1.67 bits per heavy atom. The Labute approximate surface area is 317 Å². The Kier molecular flexibility index (Phi) is 11.3. The first kappa shape index (κ1) is 38.3. The number of carbonyl (C=O) groups excluding carboxylic acids is 3. The second-order valence-electron chi connectivity index (χ2n) is 13.3. The van der Waals surface area contributed by atoms with Gasteiger partial charge in [0.2, 0.25) is 23.0 Å². The number of ketones is 2. The average molecular weight is 762 g/mol. The van der Waals surface area contributed by atoms with Crippen molar-refractivity contribution in [2.75, 3.05) is 42.1 Å². The number of allylic oxidation sites excluding steroid dienone is 1. The number of rotatable bonds is 15. The number of hydrogen-bond donors (Lipinski definition) is 3. The topological polar surface area (TPSA) is 168 Å². The molecule has 0 saturated carbocycles. The van der Waals surface area contributed by atoms with Gasteiger partial charge in [-0.05, 0) is 42.7 Å². The van der Waals surface area contributed by atoms with E-state index in [1.54, 1.807) is 19.1 Å².